The molecule has 0 heterocycles. The number of ketones is 2. The molecule has 1 rings (SSSR count). The smallest absolute Gasteiger partial charge is 0.178 e. The summed E-state index contributed by atoms with van der Waals surface area (Å²) in [5, 5.41) is 0. The van der Waals surface area contributed by atoms with Gasteiger partial charge in [-0.15, -0.1) is 18.0 Å². The zero-order chi connectivity index (χ0) is 14.3. The van der Waals surface area contributed by atoms with E-state index in [-0.39, 0.29) is 11.6 Å². The molecule has 96 valence electrons. The van der Waals surface area contributed by atoms with E-state index < -0.39 is 11.3 Å². The highest BCUT2D eigenvalue weighted by Crippen LogP contribution is 2.38. The van der Waals surface area contributed by atoms with Crippen LogP contribution >= 0.6 is 0 Å². The number of hydrogen-bond donors (Lipinski definition) is 0. The highest BCUT2D eigenvalue weighted by atomic mass is 16.1. The van der Waals surface area contributed by atoms with Crippen molar-refractivity contribution < 1.29 is 9.59 Å². The molecule has 0 N–H and O–H groups in total. The fourth-order valence-corrected chi connectivity index (χ4v) is 2.10. The van der Waals surface area contributed by atoms with Crippen molar-refractivity contribution in [3.05, 3.63) is 73.7 Å². The number of hydrogen-bond acceptors (Lipinski definition) is 2. The van der Waals surface area contributed by atoms with Gasteiger partial charge in [0.2, 0.25) is 0 Å². The minimum atomic E-state index is -0.700. The lowest BCUT2D eigenvalue weighted by atomic mass is 9.69. The monoisotopic (exact) mass is 252 g/mol. The van der Waals surface area contributed by atoms with E-state index in [1.807, 2.05) is 0 Å². The van der Waals surface area contributed by atoms with Crippen LogP contribution in [0.4, 0.5) is 0 Å². The average molecular weight is 252 g/mol. The molecular formula is C17H16O2. The first kappa shape index (κ1) is 14.7. The van der Waals surface area contributed by atoms with Crippen LogP contribution < -0.4 is 0 Å². The summed E-state index contributed by atoms with van der Waals surface area (Å²) in [6.07, 6.45) is 11.5. The fraction of sp³-hybridized carbons (Fsp3) is 0.176. The molecule has 0 spiro atoms. The molecule has 0 fully saturated rings. The Morgan fingerprint density at radius 2 is 1.95 bits per heavy atom. The van der Waals surface area contributed by atoms with Crippen LogP contribution in [0.2, 0.25) is 0 Å². The zero-order valence-electron chi connectivity index (χ0n) is 10.8. The molecule has 1 aliphatic carbocycles. The highest BCUT2D eigenvalue weighted by Gasteiger charge is 2.36. The van der Waals surface area contributed by atoms with Gasteiger partial charge in [-0.05, 0) is 24.6 Å². The van der Waals surface area contributed by atoms with E-state index in [1.165, 1.54) is 18.2 Å². The van der Waals surface area contributed by atoms with Crippen LogP contribution in [0.3, 0.4) is 0 Å². The Kier molecular flexibility index (Phi) is 5.02. The van der Waals surface area contributed by atoms with Gasteiger partial charge in [0.25, 0.3) is 0 Å². The van der Waals surface area contributed by atoms with Crippen LogP contribution in [0, 0.1) is 11.3 Å². The average Bonchev–Trinajstić information content (AvgIpc) is 2.39. The largest absolute Gasteiger partial charge is 0.294 e. The Balaban J connectivity index is 3.31. The molecule has 0 aromatic rings. The van der Waals surface area contributed by atoms with Crippen LogP contribution in [0.25, 0.3) is 0 Å². The molecule has 1 aliphatic rings. The molecule has 2 nitrogen and oxygen atoms in total. The summed E-state index contributed by atoms with van der Waals surface area (Å²) in [7, 11) is 0. The highest BCUT2D eigenvalue weighted by molar-refractivity contribution is 6.01. The molecule has 0 bridgehead atoms. The lowest BCUT2D eigenvalue weighted by Crippen LogP contribution is -2.31. The second-order valence-corrected chi connectivity index (χ2v) is 4.25. The molecule has 0 radical (unpaired) electrons. The molecule has 0 amide bonds. The van der Waals surface area contributed by atoms with Crippen molar-refractivity contribution in [1.82, 2.24) is 0 Å². The first-order valence-corrected chi connectivity index (χ1v) is 5.89. The maximum absolute atomic E-state index is 12.2. The second kappa shape index (κ2) is 6.51. The van der Waals surface area contributed by atoms with Gasteiger partial charge in [-0.3, -0.25) is 9.59 Å². The lowest BCUT2D eigenvalue weighted by molar-refractivity contribution is -0.120. The minimum absolute atomic E-state index is 0.0999. The van der Waals surface area contributed by atoms with Crippen LogP contribution in [0.15, 0.2) is 73.7 Å². The normalized spacial score (nSPS) is 16.9. The summed E-state index contributed by atoms with van der Waals surface area (Å²) < 4.78 is 0. The van der Waals surface area contributed by atoms with Crippen molar-refractivity contribution in [2.24, 2.45) is 11.3 Å². The van der Waals surface area contributed by atoms with Crippen molar-refractivity contribution in [2.45, 2.75) is 6.42 Å². The maximum Gasteiger partial charge on any atom is 0.178 e. The summed E-state index contributed by atoms with van der Waals surface area (Å²) in [6.45, 7) is 10.6. The van der Waals surface area contributed by atoms with E-state index in [4.69, 9.17) is 0 Å². The number of rotatable bonds is 6. The van der Waals surface area contributed by atoms with Crippen molar-refractivity contribution in [3.8, 4) is 0 Å². The van der Waals surface area contributed by atoms with Crippen LogP contribution in [0.5, 0.6) is 0 Å². The molecule has 0 aromatic carbocycles. The summed E-state index contributed by atoms with van der Waals surface area (Å²) in [5.74, 6) is -0.628. The Hall–Kier alpha value is -2.40. The third kappa shape index (κ3) is 3.29. The molecule has 0 aliphatic heterocycles. The van der Waals surface area contributed by atoms with Crippen LogP contribution in [-0.4, -0.2) is 11.6 Å². The first-order valence-electron chi connectivity index (χ1n) is 5.89. The summed E-state index contributed by atoms with van der Waals surface area (Å²) >= 11 is 0. The van der Waals surface area contributed by atoms with Gasteiger partial charge in [0, 0.05) is 17.4 Å². The van der Waals surface area contributed by atoms with Crippen molar-refractivity contribution in [3.63, 3.8) is 0 Å². The molecule has 0 saturated carbocycles. The summed E-state index contributed by atoms with van der Waals surface area (Å²) in [6, 6.07) is 0. The molecule has 0 unspecified atom stereocenters. The number of carbonyl (C=O) groups is 2. The predicted octanol–water partition coefficient (Wildman–Crippen LogP) is 3.11. The molecule has 19 heavy (non-hydrogen) atoms. The van der Waals surface area contributed by atoms with E-state index in [0.717, 1.165) is 0 Å². The van der Waals surface area contributed by atoms with Gasteiger partial charge in [0.1, 0.15) is 0 Å². The third-order valence-corrected chi connectivity index (χ3v) is 3.02. The van der Waals surface area contributed by atoms with Crippen LogP contribution in [-0.2, 0) is 9.59 Å². The van der Waals surface area contributed by atoms with E-state index in [0.29, 0.717) is 6.42 Å². The Morgan fingerprint density at radius 1 is 1.32 bits per heavy atom. The number of allylic oxidation sites excluding steroid dienone is 7. The lowest BCUT2D eigenvalue weighted by Gasteiger charge is -2.31. The topological polar surface area (TPSA) is 34.1 Å². The summed E-state index contributed by atoms with van der Waals surface area (Å²) in [4.78, 5) is 23.4. The van der Waals surface area contributed by atoms with E-state index >= 15 is 0 Å². The number of carbonyl (C=O) groups excluding carboxylic acids is 2. The molecule has 0 aromatic heterocycles. The van der Waals surface area contributed by atoms with Gasteiger partial charge in [-0.25, -0.2) is 0 Å². The first-order chi connectivity index (χ1) is 9.09. The summed E-state index contributed by atoms with van der Waals surface area (Å²) in [5.41, 5.74) is 4.49. The van der Waals surface area contributed by atoms with Gasteiger partial charge >= 0.3 is 0 Å². The zero-order valence-corrected chi connectivity index (χ0v) is 10.8. The van der Waals surface area contributed by atoms with Gasteiger partial charge in [0.15, 0.2) is 11.6 Å². The SMILES string of the molecule is C=C=CC(=O)[C@@H](CC=C)C1(C=C=C)C=CC(=O)C=C1. The predicted molar refractivity (Wildman–Crippen MR) is 76.5 cm³/mol. The molecule has 1 atom stereocenters. The van der Waals surface area contributed by atoms with E-state index in [2.05, 4.69) is 31.2 Å². The molecular weight excluding hydrogens is 236 g/mol. The Bertz CT molecular complexity index is 532. The Morgan fingerprint density at radius 3 is 2.42 bits per heavy atom. The van der Waals surface area contributed by atoms with Gasteiger partial charge in [-0.1, -0.05) is 31.4 Å². The van der Waals surface area contributed by atoms with E-state index in [1.54, 1.807) is 24.3 Å². The maximum atomic E-state index is 12.2. The molecule has 0 saturated heterocycles. The van der Waals surface area contributed by atoms with Gasteiger partial charge in [-0.2, -0.15) is 0 Å². The fourth-order valence-electron chi connectivity index (χ4n) is 2.10. The quantitative estimate of drug-likeness (QED) is 0.413. The second-order valence-electron chi connectivity index (χ2n) is 4.25. The van der Waals surface area contributed by atoms with E-state index in [9.17, 15) is 9.59 Å². The Labute approximate surface area is 113 Å². The van der Waals surface area contributed by atoms with Crippen molar-refractivity contribution in [1.29, 1.82) is 0 Å². The van der Waals surface area contributed by atoms with Crippen molar-refractivity contribution in [2.75, 3.05) is 0 Å². The van der Waals surface area contributed by atoms with Crippen LogP contribution in [0.1, 0.15) is 6.42 Å². The minimum Gasteiger partial charge on any atom is -0.294 e. The van der Waals surface area contributed by atoms with Gasteiger partial charge in [0.05, 0.1) is 0 Å². The van der Waals surface area contributed by atoms with Crippen molar-refractivity contribution >= 4 is 11.6 Å². The van der Waals surface area contributed by atoms with Gasteiger partial charge < -0.3 is 0 Å². The third-order valence-electron chi connectivity index (χ3n) is 3.02. The standard InChI is InChI=1S/C17H16O2/c1-4-7-15(16(19)8-5-2)17(11-6-3)12-9-14(18)10-13-17/h4,8-13,15H,1-3,7H2/t15-/m1/s1. The molecule has 2 heteroatoms.